The van der Waals surface area contributed by atoms with Gasteiger partial charge < -0.3 is 9.29 Å². The minimum atomic E-state index is -3.18. The lowest BCUT2D eigenvalue weighted by molar-refractivity contribution is -0.0490. The fourth-order valence-corrected chi connectivity index (χ4v) is 1.09. The lowest BCUT2D eigenvalue weighted by Crippen LogP contribution is -2.24. The van der Waals surface area contributed by atoms with E-state index < -0.39 is 23.9 Å². The Hall–Kier alpha value is 0.130. The maximum atomic E-state index is 12.5. The molecule has 80 valence electrons. The molecule has 0 amide bonds. The molecule has 1 atom stereocenters. The van der Waals surface area contributed by atoms with Crippen molar-refractivity contribution in [3.05, 3.63) is 0 Å². The van der Waals surface area contributed by atoms with Gasteiger partial charge in [0.15, 0.2) is 0 Å². The zero-order valence-corrected chi connectivity index (χ0v) is 8.74. The summed E-state index contributed by atoms with van der Waals surface area (Å²) in [6.07, 6.45) is 2.29. The Kier molecular flexibility index (Phi) is 6.63. The van der Waals surface area contributed by atoms with Crippen LogP contribution < -0.4 is 0 Å². The summed E-state index contributed by atoms with van der Waals surface area (Å²) in [5, 5.41) is -3.18. The predicted octanol–water partition coefficient (Wildman–Crippen LogP) is 3.38. The van der Waals surface area contributed by atoms with Crippen LogP contribution in [0.1, 0.15) is 33.1 Å². The summed E-state index contributed by atoms with van der Waals surface area (Å²) in [5.74, 6) is 0. The SMILES string of the molecule is CCCC(CC)OCC(F)(F)SO. The van der Waals surface area contributed by atoms with Crippen molar-refractivity contribution in [2.75, 3.05) is 6.61 Å². The maximum Gasteiger partial charge on any atom is 0.340 e. The first-order valence-electron chi connectivity index (χ1n) is 4.37. The standard InChI is InChI=1S/C8H16F2O2S/c1-3-5-7(4-2)12-6-8(9,10)13-11/h7,11H,3-6H2,1-2H3. The molecule has 0 saturated heterocycles. The van der Waals surface area contributed by atoms with Crippen molar-refractivity contribution in [2.24, 2.45) is 0 Å². The fourth-order valence-electron chi connectivity index (χ4n) is 0.969. The van der Waals surface area contributed by atoms with Gasteiger partial charge in [-0.25, -0.2) is 0 Å². The maximum absolute atomic E-state index is 12.5. The molecular weight excluding hydrogens is 198 g/mol. The van der Waals surface area contributed by atoms with Gasteiger partial charge in [-0.15, -0.1) is 0 Å². The van der Waals surface area contributed by atoms with Gasteiger partial charge in [-0.05, 0) is 12.8 Å². The molecule has 0 bridgehead atoms. The minimum Gasteiger partial charge on any atom is -0.371 e. The molecule has 0 aromatic carbocycles. The number of ether oxygens (including phenoxy) is 1. The van der Waals surface area contributed by atoms with Crippen molar-refractivity contribution in [2.45, 2.75) is 44.5 Å². The third-order valence-corrected chi connectivity index (χ3v) is 2.07. The molecule has 0 spiro atoms. The molecule has 2 nitrogen and oxygen atoms in total. The molecule has 0 aliphatic rings. The summed E-state index contributed by atoms with van der Waals surface area (Å²) >= 11 is -0.461. The van der Waals surface area contributed by atoms with Gasteiger partial charge >= 0.3 is 5.25 Å². The zero-order valence-electron chi connectivity index (χ0n) is 7.93. The van der Waals surface area contributed by atoms with E-state index >= 15 is 0 Å². The molecule has 1 unspecified atom stereocenters. The van der Waals surface area contributed by atoms with Crippen LogP contribution in [-0.2, 0) is 4.74 Å². The number of rotatable bonds is 7. The molecule has 0 heterocycles. The van der Waals surface area contributed by atoms with Crippen LogP contribution in [-0.4, -0.2) is 22.5 Å². The van der Waals surface area contributed by atoms with E-state index in [9.17, 15) is 8.78 Å². The van der Waals surface area contributed by atoms with Crippen LogP contribution >= 0.6 is 12.0 Å². The highest BCUT2D eigenvalue weighted by Crippen LogP contribution is 2.27. The Labute approximate surface area is 81.9 Å². The van der Waals surface area contributed by atoms with E-state index in [1.807, 2.05) is 13.8 Å². The van der Waals surface area contributed by atoms with Crippen molar-refractivity contribution in [3.63, 3.8) is 0 Å². The minimum absolute atomic E-state index is 0.122. The lowest BCUT2D eigenvalue weighted by Gasteiger charge is -2.18. The Bertz CT molecular complexity index is 133. The number of hydrogen-bond acceptors (Lipinski definition) is 3. The third-order valence-electron chi connectivity index (χ3n) is 1.69. The van der Waals surface area contributed by atoms with Crippen molar-refractivity contribution < 1.29 is 18.1 Å². The summed E-state index contributed by atoms with van der Waals surface area (Å²) in [7, 11) is 0. The van der Waals surface area contributed by atoms with E-state index in [0.29, 0.717) is 0 Å². The Morgan fingerprint density at radius 1 is 1.46 bits per heavy atom. The normalized spacial score (nSPS) is 14.5. The summed E-state index contributed by atoms with van der Waals surface area (Å²) in [6, 6.07) is 0. The van der Waals surface area contributed by atoms with Crippen LogP contribution in [0.15, 0.2) is 0 Å². The van der Waals surface area contributed by atoms with Gasteiger partial charge in [-0.2, -0.15) is 8.78 Å². The highest BCUT2D eigenvalue weighted by atomic mass is 32.2. The van der Waals surface area contributed by atoms with Crippen molar-refractivity contribution >= 4 is 12.0 Å². The van der Waals surface area contributed by atoms with Gasteiger partial charge in [0.05, 0.1) is 18.1 Å². The Morgan fingerprint density at radius 3 is 2.46 bits per heavy atom. The quantitative estimate of drug-likeness (QED) is 0.659. The average molecular weight is 214 g/mol. The first kappa shape index (κ1) is 13.1. The van der Waals surface area contributed by atoms with Crippen molar-refractivity contribution in [3.8, 4) is 0 Å². The van der Waals surface area contributed by atoms with Gasteiger partial charge in [0.25, 0.3) is 0 Å². The molecule has 0 saturated carbocycles. The molecule has 13 heavy (non-hydrogen) atoms. The van der Waals surface area contributed by atoms with Crippen LogP contribution in [0.2, 0.25) is 0 Å². The van der Waals surface area contributed by atoms with Gasteiger partial charge in [0, 0.05) is 0 Å². The second-order valence-corrected chi connectivity index (χ2v) is 3.64. The van der Waals surface area contributed by atoms with Crippen LogP contribution in [0.4, 0.5) is 8.78 Å². The largest absolute Gasteiger partial charge is 0.371 e. The molecule has 0 aliphatic carbocycles. The zero-order chi connectivity index (χ0) is 10.3. The average Bonchev–Trinajstić information content (AvgIpc) is 2.12. The summed E-state index contributed by atoms with van der Waals surface area (Å²) in [6.45, 7) is 3.15. The highest BCUT2D eigenvalue weighted by molar-refractivity contribution is 7.94. The van der Waals surface area contributed by atoms with E-state index in [2.05, 4.69) is 0 Å². The first-order chi connectivity index (χ1) is 6.05. The van der Waals surface area contributed by atoms with Crippen LogP contribution in [0.25, 0.3) is 0 Å². The van der Waals surface area contributed by atoms with E-state index in [1.54, 1.807) is 0 Å². The molecule has 0 rings (SSSR count). The number of hydrogen-bond donors (Lipinski definition) is 1. The topological polar surface area (TPSA) is 29.5 Å². The number of halogens is 2. The first-order valence-corrected chi connectivity index (χ1v) is 5.15. The fraction of sp³-hybridized carbons (Fsp3) is 1.00. The summed E-state index contributed by atoms with van der Waals surface area (Å²) in [5.41, 5.74) is 0. The third kappa shape index (κ3) is 6.23. The molecule has 1 N–H and O–H groups in total. The van der Waals surface area contributed by atoms with Crippen molar-refractivity contribution in [1.29, 1.82) is 0 Å². The van der Waals surface area contributed by atoms with E-state index in [0.717, 1.165) is 19.3 Å². The van der Waals surface area contributed by atoms with Gasteiger partial charge in [0.1, 0.15) is 6.61 Å². The second kappa shape index (κ2) is 6.56. The molecular formula is C8H16F2O2S. The predicted molar refractivity (Wildman–Crippen MR) is 50.1 cm³/mol. The number of alkyl halides is 2. The molecule has 5 heteroatoms. The van der Waals surface area contributed by atoms with Gasteiger partial charge in [0.2, 0.25) is 0 Å². The molecule has 0 fully saturated rings. The smallest absolute Gasteiger partial charge is 0.340 e. The second-order valence-electron chi connectivity index (χ2n) is 2.86. The van der Waals surface area contributed by atoms with E-state index in [4.69, 9.17) is 9.29 Å². The van der Waals surface area contributed by atoms with Gasteiger partial charge in [-0.1, -0.05) is 20.3 Å². The monoisotopic (exact) mass is 214 g/mol. The van der Waals surface area contributed by atoms with Gasteiger partial charge in [-0.3, -0.25) is 0 Å². The summed E-state index contributed by atoms with van der Waals surface area (Å²) in [4.78, 5) is 0. The summed E-state index contributed by atoms with van der Waals surface area (Å²) < 4.78 is 38.1. The Balaban J connectivity index is 3.70. The van der Waals surface area contributed by atoms with Crippen LogP contribution in [0, 0.1) is 0 Å². The highest BCUT2D eigenvalue weighted by Gasteiger charge is 2.30. The van der Waals surface area contributed by atoms with Crippen LogP contribution in [0.5, 0.6) is 0 Å². The molecule has 0 radical (unpaired) electrons. The van der Waals surface area contributed by atoms with E-state index in [-0.39, 0.29) is 6.10 Å². The molecule has 0 aromatic rings. The van der Waals surface area contributed by atoms with Crippen molar-refractivity contribution in [1.82, 2.24) is 0 Å². The molecule has 0 aromatic heterocycles. The lowest BCUT2D eigenvalue weighted by atomic mass is 10.2. The molecule has 0 aliphatic heterocycles. The van der Waals surface area contributed by atoms with E-state index in [1.165, 1.54) is 0 Å². The van der Waals surface area contributed by atoms with Crippen LogP contribution in [0.3, 0.4) is 0 Å². The Morgan fingerprint density at radius 2 is 2.08 bits per heavy atom.